The zero-order chi connectivity index (χ0) is 20.2. The number of nitrogens with one attached hydrogen (secondary N) is 2. The second-order valence-corrected chi connectivity index (χ2v) is 7.00. The Balaban J connectivity index is 1.58. The van der Waals surface area contributed by atoms with E-state index in [0.717, 1.165) is 29.9 Å². The molecule has 1 aromatic heterocycles. The molecular formula is C22H22N4O3. The molecule has 0 radical (unpaired) electrons. The molecule has 0 bridgehead atoms. The average Bonchev–Trinajstić information content (AvgIpc) is 3.34. The van der Waals surface area contributed by atoms with Gasteiger partial charge in [-0.1, -0.05) is 41.6 Å². The van der Waals surface area contributed by atoms with Crippen molar-refractivity contribution in [3.05, 3.63) is 72.0 Å². The lowest BCUT2D eigenvalue weighted by Crippen LogP contribution is -2.28. The Morgan fingerprint density at radius 2 is 1.97 bits per heavy atom. The first-order valence-corrected chi connectivity index (χ1v) is 9.56. The third-order valence-electron chi connectivity index (χ3n) is 4.82. The van der Waals surface area contributed by atoms with E-state index in [1.165, 1.54) is 0 Å². The number of benzene rings is 2. The number of carbonyl (C=O) groups excluding carboxylic acids is 2. The normalized spacial score (nSPS) is 14.7. The maximum Gasteiger partial charge on any atom is 0.252 e. The molecule has 0 saturated carbocycles. The van der Waals surface area contributed by atoms with Gasteiger partial charge in [0.2, 0.25) is 5.91 Å². The van der Waals surface area contributed by atoms with Crippen LogP contribution in [0.5, 0.6) is 0 Å². The highest BCUT2D eigenvalue weighted by Crippen LogP contribution is 2.27. The van der Waals surface area contributed by atoms with Gasteiger partial charge in [-0.15, -0.1) is 0 Å². The summed E-state index contributed by atoms with van der Waals surface area (Å²) in [6.45, 7) is 2.48. The van der Waals surface area contributed by atoms with Crippen LogP contribution in [-0.2, 0) is 9.59 Å². The van der Waals surface area contributed by atoms with Gasteiger partial charge in [-0.2, -0.15) is 0 Å². The molecule has 7 nitrogen and oxygen atoms in total. The van der Waals surface area contributed by atoms with E-state index < -0.39 is 6.04 Å². The van der Waals surface area contributed by atoms with Crippen molar-refractivity contribution in [1.29, 1.82) is 0 Å². The van der Waals surface area contributed by atoms with Crippen LogP contribution in [0.3, 0.4) is 0 Å². The van der Waals surface area contributed by atoms with Gasteiger partial charge in [0.15, 0.2) is 5.82 Å². The molecule has 0 spiro atoms. The monoisotopic (exact) mass is 390 g/mol. The van der Waals surface area contributed by atoms with Gasteiger partial charge in [0.1, 0.15) is 11.8 Å². The van der Waals surface area contributed by atoms with E-state index in [-0.39, 0.29) is 11.8 Å². The zero-order valence-corrected chi connectivity index (χ0v) is 16.1. The van der Waals surface area contributed by atoms with Crippen LogP contribution < -0.4 is 15.5 Å². The standard InChI is InChI=1S/C22H22N4O3/c1-15-13-19(25-29-15)24-22(28)21(16-7-3-2-4-8-16)23-17-9-5-10-18(14-17)26-12-6-11-20(26)27/h2-5,7-10,13-14,21,23H,6,11-12H2,1H3,(H,24,25,28)/t21-/m0/s1. The highest BCUT2D eigenvalue weighted by Gasteiger charge is 2.24. The van der Waals surface area contributed by atoms with E-state index in [1.807, 2.05) is 54.6 Å². The molecule has 1 saturated heterocycles. The molecule has 1 aliphatic heterocycles. The molecule has 0 unspecified atom stereocenters. The summed E-state index contributed by atoms with van der Waals surface area (Å²) in [4.78, 5) is 26.8. The molecule has 4 rings (SSSR count). The van der Waals surface area contributed by atoms with E-state index in [4.69, 9.17) is 4.52 Å². The molecule has 1 atom stereocenters. The van der Waals surface area contributed by atoms with Gasteiger partial charge >= 0.3 is 0 Å². The van der Waals surface area contributed by atoms with Crippen molar-refractivity contribution in [2.75, 3.05) is 22.1 Å². The largest absolute Gasteiger partial charge is 0.370 e. The number of amides is 2. The molecule has 2 N–H and O–H groups in total. The van der Waals surface area contributed by atoms with E-state index in [1.54, 1.807) is 17.9 Å². The van der Waals surface area contributed by atoms with E-state index in [2.05, 4.69) is 15.8 Å². The summed E-state index contributed by atoms with van der Waals surface area (Å²) < 4.78 is 5.03. The summed E-state index contributed by atoms with van der Waals surface area (Å²) in [6.07, 6.45) is 1.44. The van der Waals surface area contributed by atoms with Crippen LogP contribution in [0.4, 0.5) is 17.2 Å². The SMILES string of the molecule is Cc1cc(NC(=O)[C@@H](Nc2cccc(N3CCCC3=O)c2)c2ccccc2)no1. The summed E-state index contributed by atoms with van der Waals surface area (Å²) in [5.74, 6) is 0.854. The molecule has 1 aliphatic rings. The Labute approximate surface area is 168 Å². The number of carbonyl (C=O) groups is 2. The van der Waals surface area contributed by atoms with Crippen LogP contribution in [-0.4, -0.2) is 23.5 Å². The van der Waals surface area contributed by atoms with E-state index in [0.29, 0.717) is 18.0 Å². The second-order valence-electron chi connectivity index (χ2n) is 7.00. The number of aromatic nitrogens is 1. The van der Waals surface area contributed by atoms with Crippen molar-refractivity contribution in [3.8, 4) is 0 Å². The van der Waals surface area contributed by atoms with Crippen LogP contribution in [0.25, 0.3) is 0 Å². The Morgan fingerprint density at radius 3 is 2.66 bits per heavy atom. The van der Waals surface area contributed by atoms with Gasteiger partial charge in [-0.3, -0.25) is 9.59 Å². The second kappa shape index (κ2) is 8.18. The van der Waals surface area contributed by atoms with Crippen molar-refractivity contribution in [3.63, 3.8) is 0 Å². The predicted octanol–water partition coefficient (Wildman–Crippen LogP) is 3.90. The lowest BCUT2D eigenvalue weighted by molar-refractivity contribution is -0.117. The van der Waals surface area contributed by atoms with Crippen molar-refractivity contribution in [2.45, 2.75) is 25.8 Å². The molecular weight excluding hydrogens is 368 g/mol. The van der Waals surface area contributed by atoms with Crippen molar-refractivity contribution >= 4 is 29.0 Å². The van der Waals surface area contributed by atoms with Crippen LogP contribution in [0.1, 0.15) is 30.2 Å². The predicted molar refractivity (Wildman–Crippen MR) is 111 cm³/mol. The minimum Gasteiger partial charge on any atom is -0.370 e. The van der Waals surface area contributed by atoms with Crippen molar-refractivity contribution < 1.29 is 14.1 Å². The fourth-order valence-electron chi connectivity index (χ4n) is 3.42. The van der Waals surface area contributed by atoms with E-state index in [9.17, 15) is 9.59 Å². The molecule has 148 valence electrons. The number of hydrogen-bond acceptors (Lipinski definition) is 5. The fourth-order valence-corrected chi connectivity index (χ4v) is 3.42. The first-order valence-electron chi connectivity index (χ1n) is 9.56. The smallest absolute Gasteiger partial charge is 0.252 e. The van der Waals surface area contributed by atoms with Gasteiger partial charge in [0, 0.05) is 30.4 Å². The highest BCUT2D eigenvalue weighted by atomic mass is 16.5. The number of aryl methyl sites for hydroxylation is 1. The van der Waals surface area contributed by atoms with E-state index >= 15 is 0 Å². The third kappa shape index (κ3) is 4.29. The molecule has 7 heteroatoms. The van der Waals surface area contributed by atoms with Crippen LogP contribution >= 0.6 is 0 Å². The van der Waals surface area contributed by atoms with Gasteiger partial charge in [0.05, 0.1) is 0 Å². The fraction of sp³-hybridized carbons (Fsp3) is 0.227. The maximum absolute atomic E-state index is 13.0. The number of rotatable bonds is 6. The van der Waals surface area contributed by atoms with Crippen LogP contribution in [0.2, 0.25) is 0 Å². The van der Waals surface area contributed by atoms with Gasteiger partial charge in [-0.05, 0) is 37.1 Å². The summed E-state index contributed by atoms with van der Waals surface area (Å²) in [5, 5.41) is 9.91. The molecule has 3 aromatic rings. The molecule has 29 heavy (non-hydrogen) atoms. The quantitative estimate of drug-likeness (QED) is 0.666. The maximum atomic E-state index is 13.0. The summed E-state index contributed by atoms with van der Waals surface area (Å²) in [7, 11) is 0. The first-order chi connectivity index (χ1) is 14.1. The third-order valence-corrected chi connectivity index (χ3v) is 4.82. The van der Waals surface area contributed by atoms with Crippen LogP contribution in [0, 0.1) is 6.92 Å². The summed E-state index contributed by atoms with van der Waals surface area (Å²) in [5.41, 5.74) is 2.40. The van der Waals surface area contributed by atoms with Crippen molar-refractivity contribution in [2.24, 2.45) is 0 Å². The Hall–Kier alpha value is -3.61. The molecule has 0 aliphatic carbocycles. The average molecular weight is 390 g/mol. The van der Waals surface area contributed by atoms with Crippen LogP contribution in [0.15, 0.2) is 65.2 Å². The Kier molecular flexibility index (Phi) is 5.29. The molecule has 2 amide bonds. The minimum atomic E-state index is -0.641. The zero-order valence-electron chi connectivity index (χ0n) is 16.1. The van der Waals surface area contributed by atoms with Gasteiger partial charge in [0.25, 0.3) is 5.91 Å². The first kappa shape index (κ1) is 18.7. The lowest BCUT2D eigenvalue weighted by Gasteiger charge is -2.21. The molecule has 2 aromatic carbocycles. The number of nitrogens with zero attached hydrogens (tertiary/aromatic N) is 2. The summed E-state index contributed by atoms with van der Waals surface area (Å²) in [6, 6.07) is 18.0. The molecule has 1 fully saturated rings. The Morgan fingerprint density at radius 1 is 1.14 bits per heavy atom. The topological polar surface area (TPSA) is 87.5 Å². The summed E-state index contributed by atoms with van der Waals surface area (Å²) >= 11 is 0. The Bertz CT molecular complexity index is 1020. The number of hydrogen-bond donors (Lipinski definition) is 2. The lowest BCUT2D eigenvalue weighted by atomic mass is 10.1. The highest BCUT2D eigenvalue weighted by molar-refractivity contribution is 5.97. The molecule has 2 heterocycles. The van der Waals surface area contributed by atoms with Gasteiger partial charge in [-0.25, -0.2) is 0 Å². The minimum absolute atomic E-state index is 0.126. The van der Waals surface area contributed by atoms with Crippen molar-refractivity contribution in [1.82, 2.24) is 5.16 Å². The number of anilines is 3. The van der Waals surface area contributed by atoms with Gasteiger partial charge < -0.3 is 20.1 Å².